The molecule has 0 saturated heterocycles. The van der Waals surface area contributed by atoms with E-state index in [1.54, 1.807) is 0 Å². The van der Waals surface area contributed by atoms with Crippen LogP contribution in [0.25, 0.3) is 0 Å². The summed E-state index contributed by atoms with van der Waals surface area (Å²) in [5.41, 5.74) is 0. The number of likely N-dealkylation sites (N-methyl/N-ethyl adjacent to an activating group) is 1. The SMILES string of the molecule is CC/C=C\C/C=C\C/C=C\C/C=C\C/C=C\CCCCCCCCCCCC(=O)NC(COP(=O)(O)OCC[N+](C)(C)C)C(/C=C\CCCCCCCCCCCCC)OC(=O)CCCCCCCC/C=C\C/C=C\C/C=C\CCCCC. The summed E-state index contributed by atoms with van der Waals surface area (Å²) < 4.78 is 30.8. The van der Waals surface area contributed by atoms with E-state index in [2.05, 4.69) is 123 Å². The van der Waals surface area contributed by atoms with Crippen LogP contribution >= 0.6 is 7.82 Å². The lowest BCUT2D eigenvalue weighted by Gasteiger charge is -2.27. The van der Waals surface area contributed by atoms with E-state index >= 15 is 0 Å². The van der Waals surface area contributed by atoms with Crippen molar-refractivity contribution in [1.29, 1.82) is 0 Å². The predicted octanol–water partition coefficient (Wildman–Crippen LogP) is 21.7. The summed E-state index contributed by atoms with van der Waals surface area (Å²) in [6, 6.07) is -0.865. The molecule has 10 heteroatoms. The van der Waals surface area contributed by atoms with E-state index in [4.69, 9.17) is 13.8 Å². The number of esters is 1. The van der Waals surface area contributed by atoms with Gasteiger partial charge in [-0.15, -0.1) is 0 Å². The van der Waals surface area contributed by atoms with E-state index in [0.717, 1.165) is 128 Å². The van der Waals surface area contributed by atoms with E-state index in [9.17, 15) is 19.0 Å². The highest BCUT2D eigenvalue weighted by atomic mass is 31.2. The molecule has 0 spiro atoms. The van der Waals surface area contributed by atoms with Gasteiger partial charge in [-0.3, -0.25) is 18.6 Å². The number of rotatable bonds is 61. The fourth-order valence-electron chi connectivity index (χ4n) is 9.44. The number of phosphoric ester groups is 1. The van der Waals surface area contributed by atoms with Crippen molar-refractivity contribution in [2.45, 2.75) is 303 Å². The van der Waals surface area contributed by atoms with Gasteiger partial charge in [0.05, 0.1) is 33.8 Å². The van der Waals surface area contributed by atoms with Crippen LogP contribution in [-0.2, 0) is 27.9 Å². The number of unbranched alkanes of at least 4 members (excludes halogenated alkanes) is 29. The molecule has 0 bridgehead atoms. The Morgan fingerprint density at radius 3 is 1.18 bits per heavy atom. The molecule has 0 aromatic heterocycles. The normalized spacial score (nSPS) is 14.3. The summed E-state index contributed by atoms with van der Waals surface area (Å²) in [6.07, 6.45) is 85.1. The number of hydrogen-bond acceptors (Lipinski definition) is 6. The Balaban J connectivity index is 5.20. The largest absolute Gasteiger partial charge is 0.472 e. The first-order chi connectivity index (χ1) is 40.4. The number of nitrogens with one attached hydrogen (secondary N) is 1. The number of carbonyl (C=O) groups excluding carboxylic acids is 2. The highest BCUT2D eigenvalue weighted by Crippen LogP contribution is 2.43. The minimum atomic E-state index is -4.47. The number of ether oxygens (including phenoxy) is 1. The molecule has 1 amide bonds. The molecule has 0 heterocycles. The maximum absolute atomic E-state index is 13.6. The van der Waals surface area contributed by atoms with Crippen LogP contribution < -0.4 is 5.32 Å². The van der Waals surface area contributed by atoms with Gasteiger partial charge in [0, 0.05) is 12.8 Å². The van der Waals surface area contributed by atoms with Gasteiger partial charge in [0.2, 0.25) is 5.91 Å². The van der Waals surface area contributed by atoms with Crippen LogP contribution in [0.2, 0.25) is 0 Å². The third-order valence-corrected chi connectivity index (χ3v) is 15.7. The first-order valence-corrected chi connectivity index (χ1v) is 35.7. The van der Waals surface area contributed by atoms with Crippen LogP contribution in [0.1, 0.15) is 290 Å². The third-order valence-electron chi connectivity index (χ3n) is 14.7. The van der Waals surface area contributed by atoms with E-state index in [1.165, 1.54) is 128 Å². The molecule has 3 unspecified atom stereocenters. The number of amides is 1. The monoisotopic (exact) mass is 1180 g/mol. The van der Waals surface area contributed by atoms with E-state index in [-0.39, 0.29) is 31.5 Å². The summed E-state index contributed by atoms with van der Waals surface area (Å²) in [7, 11) is 1.47. The average molecular weight is 1180 g/mol. The second-order valence-corrected chi connectivity index (χ2v) is 25.4. The lowest BCUT2D eigenvalue weighted by molar-refractivity contribution is -0.870. The second kappa shape index (κ2) is 61.7. The molecule has 0 saturated carbocycles. The smallest absolute Gasteiger partial charge is 0.456 e. The highest BCUT2D eigenvalue weighted by Gasteiger charge is 2.30. The van der Waals surface area contributed by atoms with Crippen LogP contribution in [-0.4, -0.2) is 74.3 Å². The molecular weight excluding hydrogens is 1050 g/mol. The molecule has 0 radical (unpaired) electrons. The molecule has 0 rings (SSSR count). The summed E-state index contributed by atoms with van der Waals surface area (Å²) in [6.45, 7) is 6.87. The molecule has 2 N–H and O–H groups in total. The molecule has 0 aliphatic carbocycles. The van der Waals surface area contributed by atoms with E-state index in [1.807, 2.05) is 33.3 Å². The number of hydrogen-bond donors (Lipinski definition) is 2. The predicted molar refractivity (Wildman–Crippen MR) is 360 cm³/mol. The first-order valence-electron chi connectivity index (χ1n) is 34.2. The van der Waals surface area contributed by atoms with Crippen LogP contribution in [0.3, 0.4) is 0 Å². The Morgan fingerprint density at radius 1 is 0.434 bits per heavy atom. The number of allylic oxidation sites excluding steroid dienone is 17. The van der Waals surface area contributed by atoms with Crippen molar-refractivity contribution in [3.63, 3.8) is 0 Å². The topological polar surface area (TPSA) is 111 Å². The van der Waals surface area contributed by atoms with Crippen molar-refractivity contribution in [3.8, 4) is 0 Å². The molecule has 0 aromatic rings. The van der Waals surface area contributed by atoms with E-state index < -0.39 is 20.0 Å². The lowest BCUT2D eigenvalue weighted by Crippen LogP contribution is -2.47. The van der Waals surface area contributed by atoms with Gasteiger partial charge in [0.15, 0.2) is 0 Å². The molecule has 0 aliphatic heterocycles. The molecule has 83 heavy (non-hydrogen) atoms. The standard InChI is InChI=1S/C73H129N2O7P/c1-7-10-13-16-19-22-25-28-30-32-34-35-36-37-38-39-41-42-44-47-50-53-56-59-62-65-72(76)74-70(69-81-83(78,79)80-68-67-75(4,5)6)71(64-61-58-55-52-49-46-27-24-21-18-15-12-9-3)82-73(77)66-63-60-57-54-51-48-45-43-40-33-31-29-26-23-20-17-14-11-8-2/h10,13,19-20,22-23,28-31,34-35,37-38,40,43,61,64,70-71H,7-9,11-12,14-18,21,24-27,32-33,36,39,41-42,44-60,62-63,65-69H2,1-6H3,(H-,74,76,78,79)/p+1/b13-10-,22-19-,23-20-,30-28-,31-29-,35-34-,38-37-,43-40-,64-61-. The van der Waals surface area contributed by atoms with Gasteiger partial charge in [-0.05, 0) is 115 Å². The van der Waals surface area contributed by atoms with Crippen LogP contribution in [0, 0.1) is 0 Å². The Morgan fingerprint density at radius 2 is 0.771 bits per heavy atom. The zero-order valence-electron chi connectivity index (χ0n) is 54.7. The lowest BCUT2D eigenvalue weighted by atomic mass is 10.0. The van der Waals surface area contributed by atoms with Gasteiger partial charge in [0.25, 0.3) is 0 Å². The van der Waals surface area contributed by atoms with Gasteiger partial charge in [-0.25, -0.2) is 4.57 Å². The summed E-state index contributed by atoms with van der Waals surface area (Å²) >= 11 is 0. The van der Waals surface area contributed by atoms with Gasteiger partial charge in [0.1, 0.15) is 19.3 Å². The van der Waals surface area contributed by atoms with Crippen LogP contribution in [0.4, 0.5) is 0 Å². The molecule has 9 nitrogen and oxygen atoms in total. The fourth-order valence-corrected chi connectivity index (χ4v) is 10.2. The zero-order valence-corrected chi connectivity index (χ0v) is 55.6. The summed E-state index contributed by atoms with van der Waals surface area (Å²) in [5.74, 6) is -0.527. The number of quaternary nitrogens is 1. The van der Waals surface area contributed by atoms with Crippen LogP contribution in [0.5, 0.6) is 0 Å². The van der Waals surface area contributed by atoms with Crippen molar-refractivity contribution in [2.24, 2.45) is 0 Å². The Bertz CT molecular complexity index is 1790. The Labute approximate surface area is 512 Å². The van der Waals surface area contributed by atoms with E-state index in [0.29, 0.717) is 17.4 Å². The molecule has 0 aliphatic rings. The second-order valence-electron chi connectivity index (χ2n) is 24.0. The minimum absolute atomic E-state index is 0.0318. The maximum atomic E-state index is 13.6. The third kappa shape index (κ3) is 63.0. The van der Waals surface area contributed by atoms with Crippen molar-refractivity contribution >= 4 is 19.7 Å². The molecule has 3 atom stereocenters. The molecule has 0 fully saturated rings. The van der Waals surface area contributed by atoms with Gasteiger partial charge in [-0.2, -0.15) is 0 Å². The number of nitrogens with zero attached hydrogens (tertiary/aromatic N) is 1. The summed E-state index contributed by atoms with van der Waals surface area (Å²) in [4.78, 5) is 37.9. The Kier molecular flexibility index (Phi) is 59.3. The Hall–Kier alpha value is -3.33. The van der Waals surface area contributed by atoms with Gasteiger partial charge < -0.3 is 19.4 Å². The zero-order chi connectivity index (χ0) is 60.7. The maximum Gasteiger partial charge on any atom is 0.472 e. The van der Waals surface area contributed by atoms with Crippen LogP contribution in [0.15, 0.2) is 109 Å². The number of carbonyl (C=O) groups is 2. The molecule has 0 aromatic carbocycles. The van der Waals surface area contributed by atoms with Crippen molar-refractivity contribution in [2.75, 3.05) is 40.9 Å². The minimum Gasteiger partial charge on any atom is -0.456 e. The average Bonchev–Trinajstić information content (AvgIpc) is 3.46. The molecule has 478 valence electrons. The van der Waals surface area contributed by atoms with Gasteiger partial charge >= 0.3 is 13.8 Å². The molecular formula is C73H130N2O7P+. The van der Waals surface area contributed by atoms with Crippen molar-refractivity contribution < 1.29 is 37.3 Å². The highest BCUT2D eigenvalue weighted by molar-refractivity contribution is 7.47. The summed E-state index contributed by atoms with van der Waals surface area (Å²) in [5, 5.41) is 3.06. The van der Waals surface area contributed by atoms with Crippen molar-refractivity contribution in [3.05, 3.63) is 109 Å². The first kappa shape index (κ1) is 79.7. The quantitative estimate of drug-likeness (QED) is 0.0205. The number of phosphoric acid groups is 1. The van der Waals surface area contributed by atoms with Gasteiger partial charge in [-0.1, -0.05) is 272 Å². The fraction of sp³-hybridized carbons (Fsp3) is 0.726. The van der Waals surface area contributed by atoms with Crippen molar-refractivity contribution in [1.82, 2.24) is 5.32 Å².